The number of aromatic nitrogens is 2. The second-order valence-electron chi connectivity index (χ2n) is 6.88. The summed E-state index contributed by atoms with van der Waals surface area (Å²) in [6.07, 6.45) is 0. The summed E-state index contributed by atoms with van der Waals surface area (Å²) in [7, 11) is 0. The molecule has 2 N–H and O–H groups in total. The van der Waals surface area contributed by atoms with Crippen LogP contribution in [0, 0.1) is 0 Å². The Morgan fingerprint density at radius 3 is 2.86 bits per heavy atom. The summed E-state index contributed by atoms with van der Waals surface area (Å²) < 4.78 is 5.43. The van der Waals surface area contributed by atoms with E-state index in [0.29, 0.717) is 24.0 Å². The van der Waals surface area contributed by atoms with E-state index < -0.39 is 0 Å². The van der Waals surface area contributed by atoms with Crippen LogP contribution in [-0.2, 0) is 9.53 Å². The van der Waals surface area contributed by atoms with Crippen molar-refractivity contribution in [3.05, 3.63) is 53.3 Å². The lowest BCUT2D eigenvalue weighted by atomic mass is 10.2. The van der Waals surface area contributed by atoms with E-state index in [2.05, 4.69) is 20.2 Å². The van der Waals surface area contributed by atoms with Crippen molar-refractivity contribution in [2.45, 2.75) is 12.2 Å². The Morgan fingerprint density at radius 2 is 2.07 bits per heavy atom. The van der Waals surface area contributed by atoms with E-state index in [4.69, 9.17) is 16.3 Å². The Kier molecular flexibility index (Phi) is 6.28. The van der Waals surface area contributed by atoms with Gasteiger partial charge in [-0.25, -0.2) is 4.98 Å². The average Bonchev–Trinajstić information content (AvgIpc) is 3.17. The number of amides is 1. The highest BCUT2D eigenvalue weighted by molar-refractivity contribution is 8.00. The fourth-order valence-corrected chi connectivity index (χ4v) is 4.39. The van der Waals surface area contributed by atoms with Gasteiger partial charge in [-0.1, -0.05) is 29.8 Å². The molecule has 1 aliphatic rings. The number of H-pyrrole nitrogens is 1. The molecule has 0 aliphatic carbocycles. The van der Waals surface area contributed by atoms with Crippen LogP contribution in [0.3, 0.4) is 0 Å². The summed E-state index contributed by atoms with van der Waals surface area (Å²) >= 11 is 7.99. The highest BCUT2D eigenvalue weighted by atomic mass is 35.5. The molecule has 1 unspecified atom stereocenters. The van der Waals surface area contributed by atoms with Crippen molar-refractivity contribution < 1.29 is 9.53 Å². The maximum Gasteiger partial charge on any atom is 0.234 e. The standard InChI is InChI=1S/C21H23ClN4O2S/c1-14(21-24-16-6-2-3-7-17(16)25-21)29-13-19(27)23-18-8-4-5-15(22)20(18)26-9-11-28-12-10-26/h2-8,14H,9-13H2,1H3,(H,23,27)(H,24,25). The van der Waals surface area contributed by atoms with Crippen LogP contribution in [0.2, 0.25) is 5.02 Å². The van der Waals surface area contributed by atoms with Crippen molar-refractivity contribution in [3.8, 4) is 0 Å². The molecule has 6 nitrogen and oxygen atoms in total. The SMILES string of the molecule is CC(SCC(=O)Nc1cccc(Cl)c1N1CCOCC1)c1nc2ccccc2[nH]1. The summed E-state index contributed by atoms with van der Waals surface area (Å²) in [4.78, 5) is 22.7. The minimum atomic E-state index is -0.0604. The first-order valence-electron chi connectivity index (χ1n) is 9.59. The van der Waals surface area contributed by atoms with Crippen LogP contribution in [0.1, 0.15) is 18.0 Å². The fraction of sp³-hybridized carbons (Fsp3) is 0.333. The van der Waals surface area contributed by atoms with E-state index >= 15 is 0 Å². The molecule has 0 radical (unpaired) electrons. The molecule has 2 aromatic carbocycles. The Balaban J connectivity index is 1.40. The van der Waals surface area contributed by atoms with E-state index in [0.717, 1.165) is 41.3 Å². The number of nitrogens with zero attached hydrogens (tertiary/aromatic N) is 2. The number of imidazole rings is 1. The molecule has 0 bridgehead atoms. The quantitative estimate of drug-likeness (QED) is 0.603. The lowest BCUT2D eigenvalue weighted by molar-refractivity contribution is -0.113. The molecular weight excluding hydrogens is 408 g/mol. The Hall–Kier alpha value is -2.22. The number of fused-ring (bicyclic) bond motifs is 1. The molecule has 3 aromatic rings. The molecule has 1 saturated heterocycles. The highest BCUT2D eigenvalue weighted by Gasteiger charge is 2.20. The van der Waals surface area contributed by atoms with E-state index in [1.165, 1.54) is 0 Å². The summed E-state index contributed by atoms with van der Waals surface area (Å²) in [5.41, 5.74) is 3.55. The van der Waals surface area contributed by atoms with Gasteiger partial charge in [-0.2, -0.15) is 0 Å². The van der Waals surface area contributed by atoms with Gasteiger partial charge in [0.15, 0.2) is 0 Å². The molecular formula is C21H23ClN4O2S. The number of carbonyl (C=O) groups excluding carboxylic acids is 1. The van der Waals surface area contributed by atoms with Gasteiger partial charge < -0.3 is 19.9 Å². The van der Waals surface area contributed by atoms with Crippen LogP contribution in [-0.4, -0.2) is 47.9 Å². The van der Waals surface area contributed by atoms with Crippen molar-refractivity contribution in [2.75, 3.05) is 42.3 Å². The van der Waals surface area contributed by atoms with Gasteiger partial charge in [0.2, 0.25) is 5.91 Å². The first-order chi connectivity index (χ1) is 14.1. The largest absolute Gasteiger partial charge is 0.378 e. The third kappa shape index (κ3) is 4.69. The zero-order chi connectivity index (χ0) is 20.2. The molecule has 8 heteroatoms. The first-order valence-corrected chi connectivity index (χ1v) is 11.0. The van der Waals surface area contributed by atoms with Crippen LogP contribution >= 0.6 is 23.4 Å². The molecule has 1 aliphatic heterocycles. The van der Waals surface area contributed by atoms with Gasteiger partial charge in [-0.05, 0) is 31.2 Å². The van der Waals surface area contributed by atoms with Crippen LogP contribution in [0.25, 0.3) is 11.0 Å². The van der Waals surface area contributed by atoms with Crippen LogP contribution in [0.5, 0.6) is 0 Å². The normalized spacial score (nSPS) is 15.4. The van der Waals surface area contributed by atoms with Gasteiger partial charge in [0.05, 0.1) is 51.6 Å². The van der Waals surface area contributed by atoms with E-state index in [-0.39, 0.29) is 11.2 Å². The second-order valence-corrected chi connectivity index (χ2v) is 8.61. The third-order valence-corrected chi connectivity index (χ3v) is 6.30. The number of anilines is 2. The number of nitrogens with one attached hydrogen (secondary N) is 2. The number of morpholine rings is 1. The minimum Gasteiger partial charge on any atom is -0.378 e. The number of benzene rings is 2. The van der Waals surface area contributed by atoms with Gasteiger partial charge in [0.25, 0.3) is 0 Å². The Bertz CT molecular complexity index is 970. The number of ether oxygens (including phenoxy) is 1. The fourth-order valence-electron chi connectivity index (χ4n) is 3.36. The average molecular weight is 431 g/mol. The Labute approximate surface area is 179 Å². The van der Waals surface area contributed by atoms with Crippen molar-refractivity contribution >= 4 is 51.7 Å². The number of hydrogen-bond donors (Lipinski definition) is 2. The maximum atomic E-state index is 12.6. The van der Waals surface area contributed by atoms with Gasteiger partial charge in [0.1, 0.15) is 5.82 Å². The third-order valence-electron chi connectivity index (χ3n) is 4.85. The predicted octanol–water partition coefficient (Wildman–Crippen LogP) is 4.49. The van der Waals surface area contributed by atoms with Gasteiger partial charge in [-0.15, -0.1) is 11.8 Å². The second kappa shape index (κ2) is 9.07. The lowest BCUT2D eigenvalue weighted by Crippen LogP contribution is -2.37. The summed E-state index contributed by atoms with van der Waals surface area (Å²) in [5.74, 6) is 1.14. The molecule has 1 aromatic heterocycles. The highest BCUT2D eigenvalue weighted by Crippen LogP contribution is 2.35. The lowest BCUT2D eigenvalue weighted by Gasteiger charge is -2.31. The molecule has 0 spiro atoms. The van der Waals surface area contributed by atoms with Crippen LogP contribution < -0.4 is 10.2 Å². The Morgan fingerprint density at radius 1 is 1.28 bits per heavy atom. The molecule has 1 atom stereocenters. The summed E-state index contributed by atoms with van der Waals surface area (Å²) in [5, 5.41) is 3.73. The van der Waals surface area contributed by atoms with E-state index in [1.54, 1.807) is 11.8 Å². The molecule has 152 valence electrons. The van der Waals surface area contributed by atoms with Gasteiger partial charge in [0, 0.05) is 13.1 Å². The molecule has 0 saturated carbocycles. The molecule has 4 rings (SSSR count). The van der Waals surface area contributed by atoms with Crippen LogP contribution in [0.4, 0.5) is 11.4 Å². The van der Waals surface area contributed by atoms with Crippen molar-refractivity contribution in [1.82, 2.24) is 9.97 Å². The monoisotopic (exact) mass is 430 g/mol. The van der Waals surface area contributed by atoms with E-state index in [1.807, 2.05) is 49.4 Å². The number of thioether (sulfide) groups is 1. The molecule has 29 heavy (non-hydrogen) atoms. The molecule has 1 fully saturated rings. The number of hydrogen-bond acceptors (Lipinski definition) is 5. The van der Waals surface area contributed by atoms with Gasteiger partial charge >= 0.3 is 0 Å². The smallest absolute Gasteiger partial charge is 0.234 e. The molecule has 1 amide bonds. The van der Waals surface area contributed by atoms with Crippen molar-refractivity contribution in [1.29, 1.82) is 0 Å². The first kappa shape index (κ1) is 20.1. The van der Waals surface area contributed by atoms with Gasteiger partial charge in [-0.3, -0.25) is 4.79 Å². The zero-order valence-corrected chi connectivity index (χ0v) is 17.7. The maximum absolute atomic E-state index is 12.6. The number of para-hydroxylation sites is 3. The minimum absolute atomic E-state index is 0.0604. The molecule has 2 heterocycles. The van der Waals surface area contributed by atoms with Crippen LogP contribution in [0.15, 0.2) is 42.5 Å². The number of rotatable bonds is 6. The number of carbonyl (C=O) groups is 1. The topological polar surface area (TPSA) is 70.2 Å². The van der Waals surface area contributed by atoms with E-state index in [9.17, 15) is 4.79 Å². The number of halogens is 1. The summed E-state index contributed by atoms with van der Waals surface area (Å²) in [6.45, 7) is 4.87. The van der Waals surface area contributed by atoms with Crippen molar-refractivity contribution in [3.63, 3.8) is 0 Å². The van der Waals surface area contributed by atoms with Crippen molar-refractivity contribution in [2.24, 2.45) is 0 Å². The predicted molar refractivity (Wildman–Crippen MR) is 120 cm³/mol. The zero-order valence-electron chi connectivity index (χ0n) is 16.2. The number of aromatic amines is 1. The summed E-state index contributed by atoms with van der Waals surface area (Å²) in [6, 6.07) is 13.5.